The molecular weight excluding hydrogens is 334 g/mol. The molecule has 1 unspecified atom stereocenters. The molecule has 1 aliphatic heterocycles. The summed E-state index contributed by atoms with van der Waals surface area (Å²) in [5.41, 5.74) is -1.07. The fourth-order valence-corrected chi connectivity index (χ4v) is 4.48. The monoisotopic (exact) mass is 361 g/mol. The van der Waals surface area contributed by atoms with E-state index in [-0.39, 0.29) is 23.0 Å². The van der Waals surface area contributed by atoms with Crippen LogP contribution in [0.25, 0.3) is 0 Å². The highest BCUT2D eigenvalue weighted by Gasteiger charge is 2.49. The molecule has 1 N–H and O–H groups in total. The highest BCUT2D eigenvalue weighted by molar-refractivity contribution is 5.81. The summed E-state index contributed by atoms with van der Waals surface area (Å²) in [7, 11) is 1.82. The summed E-state index contributed by atoms with van der Waals surface area (Å²) in [5, 5.41) is 22.3. The molecule has 3 atom stereocenters. The smallest absolute Gasteiger partial charge is 0.343 e. The summed E-state index contributed by atoms with van der Waals surface area (Å²) in [5.74, 6) is -1.86. The van der Waals surface area contributed by atoms with Gasteiger partial charge in [-0.05, 0) is 18.4 Å². The molecule has 1 saturated carbocycles. The van der Waals surface area contributed by atoms with Crippen molar-refractivity contribution in [3.05, 3.63) is 35.9 Å². The number of likely N-dealkylation sites (tertiary alicyclic amines) is 1. The van der Waals surface area contributed by atoms with Crippen LogP contribution in [-0.2, 0) is 19.9 Å². The van der Waals surface area contributed by atoms with E-state index in [9.17, 15) is 19.8 Å². The van der Waals surface area contributed by atoms with Gasteiger partial charge in [0.05, 0.1) is 19.6 Å². The molecular formula is C20H27NO5. The van der Waals surface area contributed by atoms with Gasteiger partial charge in [0, 0.05) is 12.3 Å². The Hall–Kier alpha value is -1.92. The zero-order valence-corrected chi connectivity index (χ0v) is 15.2. The largest absolute Gasteiger partial charge is 0.544 e. The van der Waals surface area contributed by atoms with Crippen molar-refractivity contribution in [1.82, 2.24) is 0 Å². The fraction of sp³-hybridized carbons (Fsp3) is 0.600. The van der Waals surface area contributed by atoms with E-state index in [0.29, 0.717) is 25.1 Å². The van der Waals surface area contributed by atoms with E-state index >= 15 is 0 Å². The van der Waals surface area contributed by atoms with Gasteiger partial charge >= 0.3 is 5.97 Å². The summed E-state index contributed by atoms with van der Waals surface area (Å²) < 4.78 is 5.99. The number of carboxylic acids is 1. The zero-order chi connectivity index (χ0) is 18.8. The van der Waals surface area contributed by atoms with Gasteiger partial charge in [-0.2, -0.15) is 0 Å². The molecule has 1 aromatic rings. The number of nitrogens with zero attached hydrogens (tertiary/aromatic N) is 1. The van der Waals surface area contributed by atoms with Crippen LogP contribution in [0.4, 0.5) is 0 Å². The van der Waals surface area contributed by atoms with Gasteiger partial charge in [-0.15, -0.1) is 0 Å². The predicted octanol–water partition coefficient (Wildman–Crippen LogP) is 0.576. The van der Waals surface area contributed by atoms with Gasteiger partial charge in [0.1, 0.15) is 13.1 Å². The maximum Gasteiger partial charge on any atom is 0.343 e. The lowest BCUT2D eigenvalue weighted by atomic mass is 9.80. The Labute approximate surface area is 154 Å². The number of carbonyl (C=O) groups excluding carboxylic acids is 2. The highest BCUT2D eigenvalue weighted by atomic mass is 16.6. The predicted molar refractivity (Wildman–Crippen MR) is 92.6 cm³/mol. The molecule has 6 nitrogen and oxygen atoms in total. The number of ether oxygens (including phenoxy) is 1. The van der Waals surface area contributed by atoms with Crippen molar-refractivity contribution in [3.8, 4) is 0 Å². The SMILES string of the molecule is C[N@+]1(CC(=O)[O-])CC[C@@H](OC(=O)C(O)(c2ccccc2)C2CCCC2)C1. The van der Waals surface area contributed by atoms with E-state index < -0.39 is 17.5 Å². The van der Waals surface area contributed by atoms with Gasteiger partial charge in [0.2, 0.25) is 0 Å². The molecule has 6 heteroatoms. The number of aliphatic hydroxyl groups is 1. The average molecular weight is 361 g/mol. The van der Waals surface area contributed by atoms with Crippen molar-refractivity contribution in [2.45, 2.75) is 43.8 Å². The van der Waals surface area contributed by atoms with Crippen molar-refractivity contribution in [3.63, 3.8) is 0 Å². The number of hydrogen-bond acceptors (Lipinski definition) is 5. The number of carboxylic acid groups (broad SMARTS) is 1. The van der Waals surface area contributed by atoms with Crippen molar-refractivity contribution in [2.75, 3.05) is 26.7 Å². The molecule has 1 aromatic carbocycles. The van der Waals surface area contributed by atoms with Crippen molar-refractivity contribution >= 4 is 11.9 Å². The number of esters is 1. The van der Waals surface area contributed by atoms with Gasteiger partial charge < -0.3 is 24.2 Å². The first-order valence-corrected chi connectivity index (χ1v) is 9.36. The van der Waals surface area contributed by atoms with E-state index in [1.165, 1.54) is 0 Å². The Kier molecular flexibility index (Phi) is 5.34. The minimum Gasteiger partial charge on any atom is -0.544 e. The summed E-state index contributed by atoms with van der Waals surface area (Å²) in [4.78, 5) is 24.0. The number of benzene rings is 1. The average Bonchev–Trinajstić information content (AvgIpc) is 3.25. The molecule has 26 heavy (non-hydrogen) atoms. The van der Waals surface area contributed by atoms with Gasteiger partial charge in [0.25, 0.3) is 0 Å². The standard InChI is InChI=1S/C20H27NO5/c1-21(14-18(22)23)12-11-17(13-21)26-19(24)20(25,16-9-5-6-10-16)15-7-3-2-4-8-15/h2-4,7-8,16-17,25H,5-6,9-14H2,1H3/t17-,20?,21+/m1/s1. The van der Waals surface area contributed by atoms with Crippen molar-refractivity contribution in [2.24, 2.45) is 5.92 Å². The second kappa shape index (κ2) is 7.37. The minimum absolute atomic E-state index is 0.0976. The summed E-state index contributed by atoms with van der Waals surface area (Å²) >= 11 is 0. The van der Waals surface area contributed by atoms with E-state index in [1.807, 2.05) is 25.2 Å². The summed E-state index contributed by atoms with van der Waals surface area (Å²) in [6, 6.07) is 9.01. The molecule has 1 heterocycles. The lowest BCUT2D eigenvalue weighted by Crippen LogP contribution is -2.51. The number of hydrogen-bond donors (Lipinski definition) is 1. The van der Waals surface area contributed by atoms with Crippen LogP contribution >= 0.6 is 0 Å². The minimum atomic E-state index is -1.64. The maximum atomic E-state index is 13.0. The Morgan fingerprint density at radius 2 is 1.88 bits per heavy atom. The molecule has 1 saturated heterocycles. The molecule has 1 aliphatic carbocycles. The maximum absolute atomic E-state index is 13.0. The third-order valence-corrected chi connectivity index (χ3v) is 5.89. The van der Waals surface area contributed by atoms with Crippen molar-refractivity contribution in [1.29, 1.82) is 0 Å². The number of carbonyl (C=O) groups is 2. The number of aliphatic carboxylic acids is 1. The summed E-state index contributed by atoms with van der Waals surface area (Å²) in [6.45, 7) is 0.938. The van der Waals surface area contributed by atoms with Crippen LogP contribution < -0.4 is 5.11 Å². The molecule has 2 aliphatic rings. The normalized spacial score (nSPS) is 28.6. The topological polar surface area (TPSA) is 86.7 Å². The first-order valence-electron chi connectivity index (χ1n) is 9.36. The zero-order valence-electron chi connectivity index (χ0n) is 15.2. The molecule has 0 radical (unpaired) electrons. The third kappa shape index (κ3) is 3.76. The van der Waals surface area contributed by atoms with Crippen LogP contribution in [0.1, 0.15) is 37.7 Å². The van der Waals surface area contributed by atoms with Crippen LogP contribution in [0.15, 0.2) is 30.3 Å². The number of likely N-dealkylation sites (N-methyl/N-ethyl adjacent to an activating group) is 1. The molecule has 142 valence electrons. The number of quaternary nitrogens is 1. The fourth-order valence-electron chi connectivity index (χ4n) is 4.48. The molecule has 0 bridgehead atoms. The molecule has 0 spiro atoms. The second-order valence-corrected chi connectivity index (χ2v) is 7.99. The van der Waals surface area contributed by atoms with Gasteiger partial charge in [-0.1, -0.05) is 43.2 Å². The Morgan fingerprint density at radius 3 is 2.50 bits per heavy atom. The molecule has 0 aromatic heterocycles. The van der Waals surface area contributed by atoms with Crippen LogP contribution in [0.2, 0.25) is 0 Å². The lowest BCUT2D eigenvalue weighted by Gasteiger charge is -2.33. The van der Waals surface area contributed by atoms with E-state index in [0.717, 1.165) is 25.7 Å². The summed E-state index contributed by atoms with van der Waals surface area (Å²) in [6.07, 6.45) is 3.79. The van der Waals surface area contributed by atoms with E-state index in [2.05, 4.69) is 0 Å². The van der Waals surface area contributed by atoms with Crippen LogP contribution in [0.3, 0.4) is 0 Å². The molecule has 3 rings (SSSR count). The quantitative estimate of drug-likeness (QED) is 0.592. The third-order valence-electron chi connectivity index (χ3n) is 5.89. The number of rotatable bonds is 6. The van der Waals surface area contributed by atoms with Gasteiger partial charge in [-0.25, -0.2) is 4.79 Å². The van der Waals surface area contributed by atoms with Crippen LogP contribution in [0.5, 0.6) is 0 Å². The van der Waals surface area contributed by atoms with E-state index in [1.54, 1.807) is 12.1 Å². The molecule has 0 amide bonds. The van der Waals surface area contributed by atoms with Crippen LogP contribution in [-0.4, -0.2) is 54.3 Å². The Bertz CT molecular complexity index is 657. The van der Waals surface area contributed by atoms with Crippen molar-refractivity contribution < 1.29 is 29.0 Å². The lowest BCUT2D eigenvalue weighted by molar-refractivity contribution is -0.893. The van der Waals surface area contributed by atoms with Gasteiger partial charge in [-0.3, -0.25) is 0 Å². The Balaban J connectivity index is 1.76. The molecule has 2 fully saturated rings. The van der Waals surface area contributed by atoms with Crippen LogP contribution in [0, 0.1) is 5.92 Å². The first-order chi connectivity index (χ1) is 12.3. The first kappa shape index (κ1) is 18.9. The van der Waals surface area contributed by atoms with Gasteiger partial charge in [0.15, 0.2) is 11.7 Å². The Morgan fingerprint density at radius 1 is 1.23 bits per heavy atom. The highest BCUT2D eigenvalue weighted by Crippen LogP contribution is 2.42. The van der Waals surface area contributed by atoms with E-state index in [4.69, 9.17) is 4.74 Å². The second-order valence-electron chi connectivity index (χ2n) is 7.99.